The molecule has 0 N–H and O–H groups in total. The summed E-state index contributed by atoms with van der Waals surface area (Å²) in [6.07, 6.45) is 1.43. The highest BCUT2D eigenvalue weighted by molar-refractivity contribution is 5.09. The molecule has 0 aliphatic carbocycles. The molecule has 0 bridgehead atoms. The number of aromatic nitrogens is 1. The molecule has 5 nitrogen and oxygen atoms in total. The molecule has 2 atom stereocenters. The van der Waals surface area contributed by atoms with Crippen LogP contribution in [0.5, 0.6) is 0 Å². The molecule has 2 aliphatic heterocycles. The van der Waals surface area contributed by atoms with E-state index in [4.69, 9.17) is 9.15 Å². The molecule has 0 aromatic carbocycles. The van der Waals surface area contributed by atoms with Crippen molar-refractivity contribution >= 4 is 0 Å². The fourth-order valence-electron chi connectivity index (χ4n) is 4.00. The average Bonchev–Trinajstić information content (AvgIpc) is 3.18. The summed E-state index contributed by atoms with van der Waals surface area (Å²) in [5.74, 6) is 2.06. The number of furan rings is 1. The Morgan fingerprint density at radius 2 is 2.08 bits per heavy atom. The van der Waals surface area contributed by atoms with Crippen LogP contribution in [0.1, 0.15) is 29.3 Å². The molecule has 0 amide bonds. The minimum Gasteiger partial charge on any atom is -0.465 e. The number of aryl methyl sites for hydroxylation is 2. The Hall–Kier alpha value is -1.69. The highest BCUT2D eigenvalue weighted by atomic mass is 16.5. The van der Waals surface area contributed by atoms with Crippen molar-refractivity contribution in [3.8, 4) is 0 Å². The van der Waals surface area contributed by atoms with Crippen LogP contribution in [0.25, 0.3) is 0 Å². The second-order valence-electron chi connectivity index (χ2n) is 7.34. The van der Waals surface area contributed by atoms with Gasteiger partial charge in [-0.25, -0.2) is 0 Å². The van der Waals surface area contributed by atoms with Gasteiger partial charge < -0.3 is 9.15 Å². The van der Waals surface area contributed by atoms with Gasteiger partial charge in [-0.1, -0.05) is 6.07 Å². The summed E-state index contributed by atoms with van der Waals surface area (Å²) >= 11 is 0. The maximum absolute atomic E-state index is 6.15. The molecule has 0 spiro atoms. The predicted octanol–water partition coefficient (Wildman–Crippen LogP) is 2.77. The van der Waals surface area contributed by atoms with Gasteiger partial charge in [0.2, 0.25) is 0 Å². The van der Waals surface area contributed by atoms with E-state index in [9.17, 15) is 0 Å². The van der Waals surface area contributed by atoms with E-state index in [2.05, 4.69) is 20.9 Å². The van der Waals surface area contributed by atoms with Gasteiger partial charge in [0.15, 0.2) is 0 Å². The summed E-state index contributed by atoms with van der Waals surface area (Å²) < 4.78 is 11.9. The van der Waals surface area contributed by atoms with Crippen molar-refractivity contribution in [1.82, 2.24) is 14.8 Å². The number of rotatable bonds is 5. The standard InChI is InChI=1S/C20H27N3O2/c1-15-4-3-5-17(21-15)14-24-20-10-18-11-22(8-9-23(18)13-20)12-19-7-6-16(2)25-19/h3-7,18,20H,8-14H2,1-2H3. The van der Waals surface area contributed by atoms with E-state index < -0.39 is 0 Å². The van der Waals surface area contributed by atoms with Gasteiger partial charge in [0.05, 0.1) is 24.9 Å². The van der Waals surface area contributed by atoms with Gasteiger partial charge in [-0.3, -0.25) is 14.8 Å². The normalized spacial score (nSPS) is 24.6. The van der Waals surface area contributed by atoms with Gasteiger partial charge in [-0.2, -0.15) is 0 Å². The maximum atomic E-state index is 6.15. The first kappa shape index (κ1) is 16.8. The zero-order valence-corrected chi connectivity index (χ0v) is 15.1. The molecule has 0 radical (unpaired) electrons. The summed E-state index contributed by atoms with van der Waals surface area (Å²) in [5, 5.41) is 0. The van der Waals surface area contributed by atoms with E-state index >= 15 is 0 Å². The molecule has 134 valence electrons. The number of nitrogens with zero attached hydrogens (tertiary/aromatic N) is 3. The van der Waals surface area contributed by atoms with Crippen molar-refractivity contribution in [3.05, 3.63) is 53.2 Å². The monoisotopic (exact) mass is 341 g/mol. The van der Waals surface area contributed by atoms with Gasteiger partial charge in [0, 0.05) is 37.9 Å². The topological polar surface area (TPSA) is 41.7 Å². The first-order valence-electron chi connectivity index (χ1n) is 9.21. The van der Waals surface area contributed by atoms with Crippen molar-refractivity contribution in [1.29, 1.82) is 0 Å². The molecule has 2 aromatic rings. The molecule has 2 saturated heterocycles. The van der Waals surface area contributed by atoms with Gasteiger partial charge in [-0.05, 0) is 44.5 Å². The minimum absolute atomic E-state index is 0.318. The molecule has 2 aliphatic rings. The lowest BCUT2D eigenvalue weighted by atomic mass is 10.1. The molecule has 5 heteroatoms. The van der Waals surface area contributed by atoms with E-state index in [1.165, 1.54) is 0 Å². The predicted molar refractivity (Wildman–Crippen MR) is 96.3 cm³/mol. The van der Waals surface area contributed by atoms with E-state index in [1.807, 2.05) is 38.1 Å². The van der Waals surface area contributed by atoms with Crippen molar-refractivity contribution < 1.29 is 9.15 Å². The fourth-order valence-corrected chi connectivity index (χ4v) is 4.00. The number of piperazine rings is 1. The van der Waals surface area contributed by atoms with Crippen LogP contribution >= 0.6 is 0 Å². The summed E-state index contributed by atoms with van der Waals surface area (Å²) in [5.41, 5.74) is 2.08. The molecular weight excluding hydrogens is 314 g/mol. The molecule has 4 heterocycles. The van der Waals surface area contributed by atoms with E-state index in [-0.39, 0.29) is 0 Å². The van der Waals surface area contributed by atoms with Gasteiger partial charge >= 0.3 is 0 Å². The van der Waals surface area contributed by atoms with Gasteiger partial charge in [-0.15, -0.1) is 0 Å². The number of fused-ring (bicyclic) bond motifs is 1. The molecule has 4 rings (SSSR count). The van der Waals surface area contributed by atoms with Crippen LogP contribution in [-0.2, 0) is 17.9 Å². The van der Waals surface area contributed by atoms with Crippen molar-refractivity contribution in [2.45, 2.75) is 45.6 Å². The van der Waals surface area contributed by atoms with E-state index in [1.54, 1.807) is 0 Å². The van der Waals surface area contributed by atoms with E-state index in [0.29, 0.717) is 18.8 Å². The van der Waals surface area contributed by atoms with Gasteiger partial charge in [0.1, 0.15) is 11.5 Å². The molecule has 2 fully saturated rings. The molecule has 25 heavy (non-hydrogen) atoms. The van der Waals surface area contributed by atoms with Crippen LogP contribution in [0.15, 0.2) is 34.7 Å². The number of pyridine rings is 1. The lowest BCUT2D eigenvalue weighted by molar-refractivity contribution is 0.0438. The third-order valence-electron chi connectivity index (χ3n) is 5.25. The van der Waals surface area contributed by atoms with Crippen LogP contribution in [0.4, 0.5) is 0 Å². The highest BCUT2D eigenvalue weighted by Gasteiger charge is 2.36. The Balaban J connectivity index is 1.28. The smallest absolute Gasteiger partial charge is 0.118 e. The maximum Gasteiger partial charge on any atom is 0.118 e. The Labute approximate surface area is 149 Å². The Bertz CT molecular complexity index is 714. The number of ether oxygens (including phenoxy) is 1. The first-order valence-corrected chi connectivity index (χ1v) is 9.21. The lowest BCUT2D eigenvalue weighted by Gasteiger charge is -2.36. The molecule has 2 unspecified atom stereocenters. The second kappa shape index (κ2) is 7.28. The van der Waals surface area contributed by atoms with Crippen LogP contribution in [0.2, 0.25) is 0 Å². The zero-order valence-electron chi connectivity index (χ0n) is 15.1. The molecular formula is C20H27N3O2. The number of hydrogen-bond donors (Lipinski definition) is 0. The largest absolute Gasteiger partial charge is 0.465 e. The van der Waals surface area contributed by atoms with Crippen molar-refractivity contribution in [2.24, 2.45) is 0 Å². The summed E-state index contributed by atoms with van der Waals surface area (Å²) in [6.45, 7) is 9.92. The minimum atomic E-state index is 0.318. The Kier molecular flexibility index (Phi) is 4.88. The fraction of sp³-hybridized carbons (Fsp3) is 0.550. The van der Waals surface area contributed by atoms with E-state index in [0.717, 1.165) is 62.1 Å². The van der Waals surface area contributed by atoms with Crippen molar-refractivity contribution in [3.63, 3.8) is 0 Å². The van der Waals surface area contributed by atoms with Gasteiger partial charge in [0.25, 0.3) is 0 Å². The van der Waals surface area contributed by atoms with Crippen LogP contribution in [0, 0.1) is 13.8 Å². The van der Waals surface area contributed by atoms with Crippen LogP contribution < -0.4 is 0 Å². The third kappa shape index (κ3) is 4.11. The SMILES string of the molecule is Cc1cccc(COC2CC3CN(Cc4ccc(C)o4)CCN3C2)n1. The molecule has 2 aromatic heterocycles. The quantitative estimate of drug-likeness (QED) is 0.836. The highest BCUT2D eigenvalue weighted by Crippen LogP contribution is 2.25. The third-order valence-corrected chi connectivity index (χ3v) is 5.25. The summed E-state index contributed by atoms with van der Waals surface area (Å²) in [7, 11) is 0. The summed E-state index contributed by atoms with van der Waals surface area (Å²) in [6, 6.07) is 10.9. The Morgan fingerprint density at radius 3 is 2.88 bits per heavy atom. The summed E-state index contributed by atoms with van der Waals surface area (Å²) in [4.78, 5) is 9.61. The number of hydrogen-bond acceptors (Lipinski definition) is 5. The van der Waals surface area contributed by atoms with Crippen LogP contribution in [0.3, 0.4) is 0 Å². The Morgan fingerprint density at radius 1 is 1.16 bits per heavy atom. The molecule has 0 saturated carbocycles. The second-order valence-corrected chi connectivity index (χ2v) is 7.34. The zero-order chi connectivity index (χ0) is 17.2. The van der Waals surface area contributed by atoms with Crippen molar-refractivity contribution in [2.75, 3.05) is 26.2 Å². The lowest BCUT2D eigenvalue weighted by Crippen LogP contribution is -2.49. The first-order chi connectivity index (χ1) is 12.2. The average molecular weight is 341 g/mol. The van der Waals surface area contributed by atoms with Crippen LogP contribution in [-0.4, -0.2) is 53.1 Å².